The van der Waals surface area contributed by atoms with Gasteiger partial charge in [0.05, 0.1) is 12.7 Å². The van der Waals surface area contributed by atoms with Crippen molar-refractivity contribution in [3.05, 3.63) is 50.5 Å². The Balaban J connectivity index is 1.99. The number of nitrogens with one attached hydrogen (secondary N) is 2. The molecule has 3 rings (SSSR count). The van der Waals surface area contributed by atoms with Crippen LogP contribution in [0.3, 0.4) is 0 Å². The van der Waals surface area contributed by atoms with E-state index in [9.17, 15) is 4.79 Å². The Morgan fingerprint density at radius 1 is 1.29 bits per heavy atom. The number of benzene rings is 1. The Morgan fingerprint density at radius 2 is 2.04 bits per heavy atom. The van der Waals surface area contributed by atoms with E-state index in [2.05, 4.69) is 20.3 Å². The molecule has 0 spiro atoms. The number of H-pyrrole nitrogens is 1. The molecule has 24 heavy (non-hydrogen) atoms. The summed E-state index contributed by atoms with van der Waals surface area (Å²) in [4.78, 5) is 23.6. The van der Waals surface area contributed by atoms with E-state index in [-0.39, 0.29) is 12.2 Å². The zero-order valence-corrected chi connectivity index (χ0v) is 14.2. The highest BCUT2D eigenvalue weighted by atomic mass is 35.5. The van der Waals surface area contributed by atoms with Gasteiger partial charge in [0.15, 0.2) is 5.65 Å². The molecule has 0 aliphatic carbocycles. The second-order valence-corrected chi connectivity index (χ2v) is 6.03. The molecule has 0 amide bonds. The van der Waals surface area contributed by atoms with Crippen molar-refractivity contribution >= 4 is 40.3 Å². The van der Waals surface area contributed by atoms with Crippen LogP contribution < -0.4 is 16.7 Å². The van der Waals surface area contributed by atoms with Crippen LogP contribution in [-0.4, -0.2) is 32.6 Å². The van der Waals surface area contributed by atoms with E-state index in [1.165, 1.54) is 4.57 Å². The van der Waals surface area contributed by atoms with E-state index >= 15 is 0 Å². The molecule has 0 saturated heterocycles. The lowest BCUT2D eigenvalue weighted by atomic mass is 10.2. The zero-order chi connectivity index (χ0) is 17.1. The Morgan fingerprint density at radius 3 is 2.75 bits per heavy atom. The van der Waals surface area contributed by atoms with Gasteiger partial charge in [-0.2, -0.15) is 4.98 Å². The number of anilines is 1. The van der Waals surface area contributed by atoms with Crippen molar-refractivity contribution in [2.75, 3.05) is 18.4 Å². The number of nitrogens with two attached hydrogens (primary N) is 1. The van der Waals surface area contributed by atoms with Crippen molar-refractivity contribution in [1.82, 2.24) is 19.5 Å². The molecule has 3 aromatic rings. The van der Waals surface area contributed by atoms with E-state index in [1.54, 1.807) is 24.4 Å². The molecule has 2 aromatic heterocycles. The number of rotatable bonds is 6. The van der Waals surface area contributed by atoms with Gasteiger partial charge in [0, 0.05) is 22.2 Å². The van der Waals surface area contributed by atoms with Gasteiger partial charge in [-0.3, -0.25) is 4.57 Å². The lowest BCUT2D eigenvalue weighted by molar-refractivity contribution is 0.777. The van der Waals surface area contributed by atoms with E-state index < -0.39 is 0 Å². The third-order valence-corrected chi connectivity index (χ3v) is 4.26. The summed E-state index contributed by atoms with van der Waals surface area (Å²) in [7, 11) is 0. The minimum atomic E-state index is -0.297. The Kier molecular flexibility index (Phi) is 5.03. The molecule has 0 atom stereocenters. The SMILES string of the molecule is NCCCNc1ncc2[nH]c(=O)n(Cc3c(Cl)cccc3Cl)c2n1. The standard InChI is InChI=1S/C15H16Cl2N6O/c16-10-3-1-4-11(17)9(10)8-23-13-12(21-15(23)24)7-20-14(22-13)19-6-2-5-18/h1,3-4,7H,2,5-6,8,18H2,(H,21,24)(H,19,20,22). The maximum Gasteiger partial charge on any atom is 0.328 e. The number of aromatic nitrogens is 4. The molecule has 0 fully saturated rings. The Labute approximate surface area is 147 Å². The predicted octanol–water partition coefficient (Wildman–Crippen LogP) is 2.24. The van der Waals surface area contributed by atoms with Crippen molar-refractivity contribution in [3.63, 3.8) is 0 Å². The normalized spacial score (nSPS) is 11.1. The third kappa shape index (κ3) is 3.38. The van der Waals surface area contributed by atoms with Gasteiger partial charge >= 0.3 is 5.69 Å². The van der Waals surface area contributed by atoms with E-state index in [0.29, 0.717) is 45.8 Å². The monoisotopic (exact) mass is 366 g/mol. The molecule has 126 valence electrons. The molecule has 0 radical (unpaired) electrons. The number of nitrogens with zero attached hydrogens (tertiary/aromatic N) is 3. The molecule has 0 aliphatic rings. The van der Waals surface area contributed by atoms with Crippen molar-refractivity contribution in [2.45, 2.75) is 13.0 Å². The lowest BCUT2D eigenvalue weighted by Gasteiger charge is -2.08. The summed E-state index contributed by atoms with van der Waals surface area (Å²) in [5.74, 6) is 0.439. The quantitative estimate of drug-likeness (QED) is 0.580. The van der Waals surface area contributed by atoms with Gasteiger partial charge in [-0.05, 0) is 25.1 Å². The predicted molar refractivity (Wildman–Crippen MR) is 95.9 cm³/mol. The van der Waals surface area contributed by atoms with E-state index in [1.807, 2.05) is 0 Å². The maximum absolute atomic E-state index is 12.3. The van der Waals surface area contributed by atoms with Gasteiger partial charge < -0.3 is 16.0 Å². The minimum Gasteiger partial charge on any atom is -0.354 e. The van der Waals surface area contributed by atoms with Crippen LogP contribution in [0.4, 0.5) is 5.95 Å². The fraction of sp³-hybridized carbons (Fsp3) is 0.267. The first kappa shape index (κ1) is 16.8. The van der Waals surface area contributed by atoms with E-state index in [0.717, 1.165) is 6.42 Å². The molecule has 0 unspecified atom stereocenters. The molecule has 4 N–H and O–H groups in total. The first-order chi connectivity index (χ1) is 11.6. The third-order valence-electron chi connectivity index (χ3n) is 3.55. The highest BCUT2D eigenvalue weighted by Gasteiger charge is 2.13. The van der Waals surface area contributed by atoms with Crippen molar-refractivity contribution in [3.8, 4) is 0 Å². The summed E-state index contributed by atoms with van der Waals surface area (Å²) < 4.78 is 1.48. The fourth-order valence-corrected chi connectivity index (χ4v) is 2.84. The van der Waals surface area contributed by atoms with Crippen LogP contribution in [0.15, 0.2) is 29.2 Å². The smallest absolute Gasteiger partial charge is 0.328 e. The van der Waals surface area contributed by atoms with Gasteiger partial charge in [0.25, 0.3) is 0 Å². The lowest BCUT2D eigenvalue weighted by Crippen LogP contribution is -2.18. The number of fused-ring (bicyclic) bond motifs is 1. The van der Waals surface area contributed by atoms with Crippen LogP contribution >= 0.6 is 23.2 Å². The topological polar surface area (TPSA) is 102 Å². The summed E-state index contributed by atoms with van der Waals surface area (Å²) in [6.07, 6.45) is 2.37. The molecular formula is C15H16Cl2N6O. The van der Waals surface area contributed by atoms with Crippen LogP contribution in [0.1, 0.15) is 12.0 Å². The van der Waals surface area contributed by atoms with Gasteiger partial charge in [-0.15, -0.1) is 0 Å². The molecule has 0 aliphatic heterocycles. The second-order valence-electron chi connectivity index (χ2n) is 5.22. The Hall–Kier alpha value is -2.09. The molecule has 7 nitrogen and oxygen atoms in total. The van der Waals surface area contributed by atoms with Crippen LogP contribution in [-0.2, 0) is 6.54 Å². The van der Waals surface area contributed by atoms with Gasteiger partial charge in [0.1, 0.15) is 5.52 Å². The first-order valence-corrected chi connectivity index (χ1v) is 8.18. The van der Waals surface area contributed by atoms with Crippen molar-refractivity contribution < 1.29 is 0 Å². The number of imidazole rings is 1. The molecule has 0 saturated carbocycles. The first-order valence-electron chi connectivity index (χ1n) is 7.42. The average Bonchev–Trinajstić information content (AvgIpc) is 2.86. The molecule has 9 heteroatoms. The number of hydrogen-bond donors (Lipinski definition) is 3. The van der Waals surface area contributed by atoms with Gasteiger partial charge in [0.2, 0.25) is 5.95 Å². The van der Waals surface area contributed by atoms with Gasteiger partial charge in [-0.25, -0.2) is 9.78 Å². The molecule has 2 heterocycles. The molecular weight excluding hydrogens is 351 g/mol. The van der Waals surface area contributed by atoms with Crippen LogP contribution in [0, 0.1) is 0 Å². The Bertz CT molecular complexity index is 900. The van der Waals surface area contributed by atoms with Crippen LogP contribution in [0.2, 0.25) is 10.0 Å². The van der Waals surface area contributed by atoms with E-state index in [4.69, 9.17) is 28.9 Å². The van der Waals surface area contributed by atoms with Gasteiger partial charge in [-0.1, -0.05) is 29.3 Å². The molecule has 1 aromatic carbocycles. The number of hydrogen-bond acceptors (Lipinski definition) is 5. The highest BCUT2D eigenvalue weighted by Crippen LogP contribution is 2.25. The summed E-state index contributed by atoms with van der Waals surface area (Å²) in [6, 6.07) is 5.22. The number of aromatic amines is 1. The van der Waals surface area contributed by atoms with Crippen LogP contribution in [0.25, 0.3) is 11.2 Å². The highest BCUT2D eigenvalue weighted by molar-refractivity contribution is 6.36. The number of halogens is 2. The second kappa shape index (κ2) is 7.21. The minimum absolute atomic E-state index is 0.219. The maximum atomic E-state index is 12.3. The van der Waals surface area contributed by atoms with Crippen LogP contribution in [0.5, 0.6) is 0 Å². The zero-order valence-electron chi connectivity index (χ0n) is 12.7. The summed E-state index contributed by atoms with van der Waals surface area (Å²) >= 11 is 12.4. The molecule has 0 bridgehead atoms. The van der Waals surface area contributed by atoms with Crippen molar-refractivity contribution in [1.29, 1.82) is 0 Å². The average molecular weight is 367 g/mol. The summed E-state index contributed by atoms with van der Waals surface area (Å²) in [6.45, 7) is 1.46. The largest absolute Gasteiger partial charge is 0.354 e. The summed E-state index contributed by atoms with van der Waals surface area (Å²) in [5.41, 5.74) is 6.87. The summed E-state index contributed by atoms with van der Waals surface area (Å²) in [5, 5.41) is 4.08. The van der Waals surface area contributed by atoms with Crippen molar-refractivity contribution in [2.24, 2.45) is 5.73 Å². The fourth-order valence-electron chi connectivity index (χ4n) is 2.32.